The van der Waals surface area contributed by atoms with Gasteiger partial charge in [0.2, 0.25) is 5.91 Å². The van der Waals surface area contributed by atoms with Crippen LogP contribution < -0.4 is 21.3 Å². The van der Waals surface area contributed by atoms with Crippen molar-refractivity contribution in [2.24, 2.45) is 0 Å². The Hall–Kier alpha value is -7.28. The van der Waals surface area contributed by atoms with Crippen LogP contribution in [0.4, 0.5) is 15.3 Å². The predicted molar refractivity (Wildman–Crippen MR) is 209 cm³/mol. The van der Waals surface area contributed by atoms with Crippen LogP contribution in [0.1, 0.15) is 44.6 Å². The minimum Gasteiger partial charge on any atom is -0.461 e. The van der Waals surface area contributed by atoms with E-state index in [0.717, 1.165) is 16.7 Å². The molecule has 56 heavy (non-hydrogen) atoms. The van der Waals surface area contributed by atoms with E-state index in [0.29, 0.717) is 16.8 Å². The number of esters is 1. The predicted octanol–water partition coefficient (Wildman–Crippen LogP) is 6.28. The van der Waals surface area contributed by atoms with Crippen LogP contribution in [0.25, 0.3) is 0 Å². The van der Waals surface area contributed by atoms with Crippen molar-refractivity contribution < 1.29 is 38.2 Å². The molecule has 0 aromatic heterocycles. The van der Waals surface area contributed by atoms with Gasteiger partial charge in [0.1, 0.15) is 31.7 Å². The zero-order chi connectivity index (χ0) is 39.5. The van der Waals surface area contributed by atoms with E-state index in [1.54, 1.807) is 54.6 Å². The van der Waals surface area contributed by atoms with Crippen molar-refractivity contribution in [3.8, 4) is 0 Å². The summed E-state index contributed by atoms with van der Waals surface area (Å²) in [6, 6.07) is 39.1. The minimum absolute atomic E-state index is 0.0134. The molecular formula is C43H41N5O8. The molecule has 0 spiro atoms. The molecule has 0 saturated heterocycles. The van der Waals surface area contributed by atoms with Gasteiger partial charge in [-0.2, -0.15) is 0 Å². The zero-order valence-electron chi connectivity index (χ0n) is 30.4. The zero-order valence-corrected chi connectivity index (χ0v) is 30.4. The third kappa shape index (κ3) is 13.3. The van der Waals surface area contributed by atoms with Crippen molar-refractivity contribution in [3.63, 3.8) is 0 Å². The first-order valence-electron chi connectivity index (χ1n) is 17.7. The summed E-state index contributed by atoms with van der Waals surface area (Å²) in [6.07, 6.45) is -1.59. The molecular weight excluding hydrogens is 714 g/mol. The largest absolute Gasteiger partial charge is 0.461 e. The van der Waals surface area contributed by atoms with E-state index in [1.165, 1.54) is 6.07 Å². The third-order valence-corrected chi connectivity index (χ3v) is 8.19. The second-order valence-electron chi connectivity index (χ2n) is 12.4. The number of rotatable bonds is 16. The van der Waals surface area contributed by atoms with E-state index in [2.05, 4.69) is 21.3 Å². The van der Waals surface area contributed by atoms with Gasteiger partial charge in [-0.3, -0.25) is 25.1 Å². The van der Waals surface area contributed by atoms with Crippen LogP contribution >= 0.6 is 0 Å². The highest BCUT2D eigenvalue weighted by molar-refractivity contribution is 6.04. The highest BCUT2D eigenvalue weighted by Gasteiger charge is 2.23. The Labute approximate surface area is 323 Å². The third-order valence-electron chi connectivity index (χ3n) is 8.19. The number of amidine groups is 1. The van der Waals surface area contributed by atoms with Crippen LogP contribution in [-0.4, -0.2) is 48.4 Å². The van der Waals surface area contributed by atoms with Gasteiger partial charge in [-0.25, -0.2) is 9.59 Å². The summed E-state index contributed by atoms with van der Waals surface area (Å²) in [7, 11) is 0. The standard InChI is InChI=1S/C43H41N5O8/c44-39(48-43(53)56-29-33-15-8-3-9-16-33)34-21-19-30(20-22-34)25-37(47-42(52)55-28-32-13-6-2-7-14-32)41(51)46-36-18-10-17-35(26-36)40(50)45-24-23-38(49)54-27-31-11-4-1-5-12-31/h1-22,26,37H,23-25,27-29H2,(H,45,50)(H,46,51)(H,47,52)(H2,44,48,53). The first-order valence-corrected chi connectivity index (χ1v) is 17.7. The molecule has 5 N–H and O–H groups in total. The Kier molecular flexibility index (Phi) is 14.8. The topological polar surface area (TPSA) is 185 Å². The molecule has 5 aromatic carbocycles. The van der Waals surface area contributed by atoms with Gasteiger partial charge in [-0.1, -0.05) is 121 Å². The minimum atomic E-state index is -1.12. The lowest BCUT2D eigenvalue weighted by molar-refractivity contribution is -0.144. The number of nitrogens with one attached hydrogen (secondary N) is 5. The van der Waals surface area contributed by atoms with Gasteiger partial charge in [0.05, 0.1) is 6.42 Å². The lowest BCUT2D eigenvalue weighted by Gasteiger charge is -2.19. The Morgan fingerprint density at radius 2 is 1.12 bits per heavy atom. The van der Waals surface area contributed by atoms with Gasteiger partial charge in [-0.05, 0) is 40.5 Å². The van der Waals surface area contributed by atoms with Crippen LogP contribution in [0.3, 0.4) is 0 Å². The number of amides is 4. The van der Waals surface area contributed by atoms with E-state index in [-0.39, 0.29) is 50.6 Å². The van der Waals surface area contributed by atoms with Gasteiger partial charge < -0.3 is 30.2 Å². The van der Waals surface area contributed by atoms with Crippen LogP contribution in [-0.2, 0) is 50.0 Å². The highest BCUT2D eigenvalue weighted by atomic mass is 16.6. The summed E-state index contributed by atoms with van der Waals surface area (Å²) >= 11 is 0. The number of ether oxygens (including phenoxy) is 3. The summed E-state index contributed by atoms with van der Waals surface area (Å²) in [5, 5.41) is 18.8. The fourth-order valence-electron chi connectivity index (χ4n) is 5.25. The van der Waals surface area contributed by atoms with E-state index < -0.39 is 36.0 Å². The lowest BCUT2D eigenvalue weighted by atomic mass is 10.0. The van der Waals surface area contributed by atoms with Crippen LogP contribution in [0, 0.1) is 5.41 Å². The molecule has 0 aliphatic heterocycles. The molecule has 0 saturated carbocycles. The Morgan fingerprint density at radius 3 is 1.71 bits per heavy atom. The summed E-state index contributed by atoms with van der Waals surface area (Å²) in [6.45, 7) is 0.221. The summed E-state index contributed by atoms with van der Waals surface area (Å²) in [5.41, 5.74) is 3.98. The van der Waals surface area contributed by atoms with Crippen LogP contribution in [0.5, 0.6) is 0 Å². The van der Waals surface area contributed by atoms with Crippen molar-refractivity contribution in [3.05, 3.63) is 173 Å². The van der Waals surface area contributed by atoms with Crippen LogP contribution in [0.15, 0.2) is 140 Å². The van der Waals surface area contributed by atoms with Crippen molar-refractivity contribution in [1.82, 2.24) is 16.0 Å². The molecule has 0 fully saturated rings. The fraction of sp³-hybridized carbons (Fsp3) is 0.163. The van der Waals surface area contributed by atoms with E-state index in [1.807, 2.05) is 78.9 Å². The average molecular weight is 756 g/mol. The Balaban J connectivity index is 1.17. The number of carbonyl (C=O) groups is 5. The highest BCUT2D eigenvalue weighted by Crippen LogP contribution is 2.14. The van der Waals surface area contributed by atoms with Crippen molar-refractivity contribution in [1.29, 1.82) is 5.41 Å². The van der Waals surface area contributed by atoms with Gasteiger partial charge in [0.15, 0.2) is 0 Å². The summed E-state index contributed by atoms with van der Waals surface area (Å²) in [5.74, 6) is -1.68. The maximum Gasteiger partial charge on any atom is 0.413 e. The Morgan fingerprint density at radius 1 is 0.571 bits per heavy atom. The smallest absolute Gasteiger partial charge is 0.413 e. The molecule has 13 heteroatoms. The summed E-state index contributed by atoms with van der Waals surface area (Å²) in [4.78, 5) is 63.8. The van der Waals surface area contributed by atoms with E-state index in [4.69, 9.17) is 19.6 Å². The molecule has 5 aromatic rings. The van der Waals surface area contributed by atoms with Crippen molar-refractivity contribution in [2.75, 3.05) is 11.9 Å². The quantitative estimate of drug-likeness (QED) is 0.0337. The summed E-state index contributed by atoms with van der Waals surface area (Å²) < 4.78 is 15.8. The molecule has 0 bridgehead atoms. The van der Waals surface area contributed by atoms with E-state index in [9.17, 15) is 24.0 Å². The molecule has 1 unspecified atom stereocenters. The number of hydrogen-bond donors (Lipinski definition) is 5. The maximum atomic E-state index is 13.7. The molecule has 286 valence electrons. The molecule has 0 radical (unpaired) electrons. The average Bonchev–Trinajstić information content (AvgIpc) is 3.22. The normalized spacial score (nSPS) is 10.9. The van der Waals surface area contributed by atoms with Gasteiger partial charge in [0, 0.05) is 29.8 Å². The fourth-order valence-corrected chi connectivity index (χ4v) is 5.25. The molecule has 5 rings (SSSR count). The monoisotopic (exact) mass is 755 g/mol. The molecule has 0 aliphatic carbocycles. The SMILES string of the molecule is N=C(NC(=O)OCc1ccccc1)c1ccc(CC(NC(=O)OCc2ccccc2)C(=O)Nc2cccc(C(=O)NCCC(=O)OCc3ccccc3)c2)cc1. The molecule has 0 aliphatic rings. The van der Waals surface area contributed by atoms with Crippen molar-refractivity contribution in [2.45, 2.75) is 38.7 Å². The number of hydrogen-bond acceptors (Lipinski definition) is 9. The second-order valence-corrected chi connectivity index (χ2v) is 12.4. The van der Waals surface area contributed by atoms with Crippen LogP contribution in [0.2, 0.25) is 0 Å². The first kappa shape index (κ1) is 39.9. The number of carbonyl (C=O) groups excluding carboxylic acids is 5. The van der Waals surface area contributed by atoms with Gasteiger partial charge in [-0.15, -0.1) is 0 Å². The Bertz CT molecular complexity index is 2100. The molecule has 13 nitrogen and oxygen atoms in total. The second kappa shape index (κ2) is 20.8. The molecule has 0 heterocycles. The maximum absolute atomic E-state index is 13.7. The first-order chi connectivity index (χ1) is 27.2. The number of benzene rings is 5. The van der Waals surface area contributed by atoms with Gasteiger partial charge in [0.25, 0.3) is 5.91 Å². The van der Waals surface area contributed by atoms with Gasteiger partial charge >= 0.3 is 18.2 Å². The molecule has 1 atom stereocenters. The lowest BCUT2D eigenvalue weighted by Crippen LogP contribution is -2.45. The van der Waals surface area contributed by atoms with E-state index >= 15 is 0 Å². The van der Waals surface area contributed by atoms with Crippen molar-refractivity contribution >= 4 is 41.5 Å². The number of alkyl carbamates (subject to hydrolysis) is 2. The number of anilines is 1. The molecule has 4 amide bonds.